The summed E-state index contributed by atoms with van der Waals surface area (Å²) in [6.07, 6.45) is 5.03. The molecule has 3 heterocycles. The number of hydrogen-bond acceptors (Lipinski definition) is 3. The largest absolute Gasteiger partial charge is 0.338 e. The van der Waals surface area contributed by atoms with Crippen molar-refractivity contribution in [2.45, 2.75) is 19.3 Å². The second-order valence-corrected chi connectivity index (χ2v) is 7.32. The van der Waals surface area contributed by atoms with E-state index >= 15 is 0 Å². The van der Waals surface area contributed by atoms with Gasteiger partial charge in [0.05, 0.1) is 17.5 Å². The van der Waals surface area contributed by atoms with Crippen LogP contribution in [0.25, 0.3) is 11.3 Å². The van der Waals surface area contributed by atoms with Gasteiger partial charge < -0.3 is 10.2 Å². The first-order valence-electron chi connectivity index (χ1n) is 8.46. The van der Waals surface area contributed by atoms with Gasteiger partial charge in [-0.25, -0.2) is 0 Å². The molecule has 2 aromatic rings. The Labute approximate surface area is 158 Å². The van der Waals surface area contributed by atoms with Gasteiger partial charge in [-0.05, 0) is 43.4 Å². The molecule has 2 N–H and O–H groups in total. The number of nitrogens with one attached hydrogen (secondary N) is 2. The zero-order chi connectivity index (χ0) is 16.6. The van der Waals surface area contributed by atoms with Crippen LogP contribution in [-0.4, -0.2) is 47.2 Å². The number of carbonyl (C=O) groups excluding carboxylic acids is 1. The minimum atomic E-state index is 0. The lowest BCUT2D eigenvalue weighted by molar-refractivity contribution is 0.0608. The minimum Gasteiger partial charge on any atom is -0.338 e. The van der Waals surface area contributed by atoms with Crippen LogP contribution < -0.4 is 5.32 Å². The van der Waals surface area contributed by atoms with Crippen LogP contribution in [0.2, 0.25) is 5.02 Å². The molecule has 25 heavy (non-hydrogen) atoms. The number of amides is 1. The standard InChI is InChI=1S/C18H21ClN4O.ClH/c19-14-3-1-13(2-4-14)16-15(11-21-22-16)17(24)23-9-6-18(7-10-23)5-8-20-12-18;/h1-4,11,20H,5-10,12H2,(H,21,22);1H. The Morgan fingerprint density at radius 3 is 2.52 bits per heavy atom. The van der Waals surface area contributed by atoms with Gasteiger partial charge in [-0.3, -0.25) is 9.89 Å². The van der Waals surface area contributed by atoms with Crippen LogP contribution in [0.3, 0.4) is 0 Å². The van der Waals surface area contributed by atoms with Gasteiger partial charge >= 0.3 is 0 Å². The van der Waals surface area contributed by atoms with E-state index in [0.717, 1.165) is 50.3 Å². The average Bonchev–Trinajstić information content (AvgIpc) is 3.26. The summed E-state index contributed by atoms with van der Waals surface area (Å²) in [6.45, 7) is 3.85. The first kappa shape index (κ1) is 18.2. The molecule has 2 aliphatic rings. The molecule has 1 aromatic heterocycles. The lowest BCUT2D eigenvalue weighted by atomic mass is 9.78. The Kier molecular flexibility index (Phi) is 5.37. The molecule has 5 nitrogen and oxygen atoms in total. The van der Waals surface area contributed by atoms with Crippen LogP contribution in [0.15, 0.2) is 30.5 Å². The van der Waals surface area contributed by atoms with Crippen LogP contribution in [-0.2, 0) is 0 Å². The maximum Gasteiger partial charge on any atom is 0.257 e. The molecule has 1 spiro atoms. The fraction of sp³-hybridized carbons (Fsp3) is 0.444. The van der Waals surface area contributed by atoms with Crippen LogP contribution in [0.4, 0.5) is 0 Å². The number of hydrogen-bond donors (Lipinski definition) is 2. The second-order valence-electron chi connectivity index (χ2n) is 6.88. The van der Waals surface area contributed by atoms with Gasteiger partial charge in [-0.15, -0.1) is 12.4 Å². The van der Waals surface area contributed by atoms with Crippen LogP contribution in [0.1, 0.15) is 29.6 Å². The van der Waals surface area contributed by atoms with Crippen molar-refractivity contribution in [2.24, 2.45) is 5.41 Å². The Bertz CT molecular complexity index is 728. The molecule has 1 amide bonds. The predicted molar refractivity (Wildman–Crippen MR) is 101 cm³/mol. The molecular weight excluding hydrogens is 359 g/mol. The zero-order valence-electron chi connectivity index (χ0n) is 13.9. The predicted octanol–water partition coefficient (Wildman–Crippen LogP) is 3.37. The number of halogens is 2. The quantitative estimate of drug-likeness (QED) is 0.839. The monoisotopic (exact) mass is 380 g/mol. The van der Waals surface area contributed by atoms with Crippen molar-refractivity contribution in [3.8, 4) is 11.3 Å². The fourth-order valence-electron chi connectivity index (χ4n) is 3.86. The molecule has 7 heteroatoms. The number of benzene rings is 1. The first-order valence-corrected chi connectivity index (χ1v) is 8.84. The summed E-state index contributed by atoms with van der Waals surface area (Å²) < 4.78 is 0. The van der Waals surface area contributed by atoms with Gasteiger partial charge in [0.15, 0.2) is 0 Å². The highest BCUT2D eigenvalue weighted by molar-refractivity contribution is 6.30. The van der Waals surface area contributed by atoms with Crippen molar-refractivity contribution in [2.75, 3.05) is 26.2 Å². The second kappa shape index (κ2) is 7.36. The summed E-state index contributed by atoms with van der Waals surface area (Å²) >= 11 is 5.95. The van der Waals surface area contributed by atoms with Gasteiger partial charge in [-0.2, -0.15) is 5.10 Å². The van der Waals surface area contributed by atoms with E-state index in [1.807, 2.05) is 29.2 Å². The smallest absolute Gasteiger partial charge is 0.257 e. The number of H-pyrrole nitrogens is 1. The molecule has 0 unspecified atom stereocenters. The first-order chi connectivity index (χ1) is 11.7. The number of nitrogens with zero attached hydrogens (tertiary/aromatic N) is 2. The number of carbonyl (C=O) groups is 1. The summed E-state index contributed by atoms with van der Waals surface area (Å²) in [5, 5.41) is 11.2. The molecule has 0 radical (unpaired) electrons. The number of likely N-dealkylation sites (tertiary alicyclic amines) is 1. The van der Waals surface area contributed by atoms with Crippen molar-refractivity contribution >= 4 is 29.9 Å². The van der Waals surface area contributed by atoms with Crippen molar-refractivity contribution in [3.05, 3.63) is 41.0 Å². The number of aromatic amines is 1. The van der Waals surface area contributed by atoms with E-state index in [4.69, 9.17) is 11.6 Å². The van der Waals surface area contributed by atoms with Crippen molar-refractivity contribution in [3.63, 3.8) is 0 Å². The van der Waals surface area contributed by atoms with Gasteiger partial charge in [0.25, 0.3) is 5.91 Å². The van der Waals surface area contributed by atoms with E-state index in [2.05, 4.69) is 15.5 Å². The molecule has 0 aliphatic carbocycles. The van der Waals surface area contributed by atoms with E-state index in [0.29, 0.717) is 16.0 Å². The van der Waals surface area contributed by atoms with Gasteiger partial charge in [0.1, 0.15) is 0 Å². The maximum atomic E-state index is 12.9. The van der Waals surface area contributed by atoms with E-state index in [1.165, 1.54) is 6.42 Å². The molecular formula is C18H22Cl2N4O. The minimum absolute atomic E-state index is 0. The molecule has 134 valence electrons. The third-order valence-electron chi connectivity index (χ3n) is 5.45. The van der Waals surface area contributed by atoms with Crippen LogP contribution in [0.5, 0.6) is 0 Å². The summed E-state index contributed by atoms with van der Waals surface area (Å²) in [5.74, 6) is 0.0644. The highest BCUT2D eigenvalue weighted by Crippen LogP contribution is 2.37. The van der Waals surface area contributed by atoms with Gasteiger partial charge in [-0.1, -0.05) is 23.7 Å². The normalized spacial score (nSPS) is 19.0. The number of piperidine rings is 1. The summed E-state index contributed by atoms with van der Waals surface area (Å²) in [7, 11) is 0. The lowest BCUT2D eigenvalue weighted by Crippen LogP contribution is -2.44. The highest BCUT2D eigenvalue weighted by atomic mass is 35.5. The Balaban J connectivity index is 0.00000182. The summed E-state index contributed by atoms with van der Waals surface area (Å²) in [5.41, 5.74) is 2.73. The Morgan fingerprint density at radius 1 is 1.16 bits per heavy atom. The lowest BCUT2D eigenvalue weighted by Gasteiger charge is -2.38. The summed E-state index contributed by atoms with van der Waals surface area (Å²) in [6, 6.07) is 7.46. The highest BCUT2D eigenvalue weighted by Gasteiger charge is 2.38. The molecule has 0 atom stereocenters. The molecule has 2 saturated heterocycles. The molecule has 0 saturated carbocycles. The van der Waals surface area contributed by atoms with Gasteiger partial charge in [0, 0.05) is 30.2 Å². The van der Waals surface area contributed by atoms with E-state index in [-0.39, 0.29) is 18.3 Å². The molecule has 4 rings (SSSR count). The maximum absolute atomic E-state index is 12.9. The third-order valence-corrected chi connectivity index (χ3v) is 5.70. The summed E-state index contributed by atoms with van der Waals surface area (Å²) in [4.78, 5) is 14.9. The van der Waals surface area contributed by atoms with Crippen molar-refractivity contribution < 1.29 is 4.79 Å². The number of rotatable bonds is 2. The Hall–Kier alpha value is -1.56. The molecule has 2 fully saturated rings. The van der Waals surface area contributed by atoms with Crippen LogP contribution in [0, 0.1) is 5.41 Å². The topological polar surface area (TPSA) is 61.0 Å². The Morgan fingerprint density at radius 2 is 1.88 bits per heavy atom. The average molecular weight is 381 g/mol. The van der Waals surface area contributed by atoms with E-state index in [9.17, 15) is 4.79 Å². The molecule has 0 bridgehead atoms. The van der Waals surface area contributed by atoms with Crippen LogP contribution >= 0.6 is 24.0 Å². The SMILES string of the molecule is Cl.O=C(c1cn[nH]c1-c1ccc(Cl)cc1)N1CCC2(CCNC2)CC1. The third kappa shape index (κ3) is 3.54. The fourth-order valence-corrected chi connectivity index (χ4v) is 3.99. The molecule has 1 aromatic carbocycles. The van der Waals surface area contributed by atoms with E-state index < -0.39 is 0 Å². The molecule has 2 aliphatic heterocycles. The van der Waals surface area contributed by atoms with Gasteiger partial charge in [0.2, 0.25) is 0 Å². The number of aromatic nitrogens is 2. The van der Waals surface area contributed by atoms with E-state index in [1.54, 1.807) is 6.20 Å². The van der Waals surface area contributed by atoms with Crippen molar-refractivity contribution in [1.82, 2.24) is 20.4 Å². The van der Waals surface area contributed by atoms with Crippen molar-refractivity contribution in [1.29, 1.82) is 0 Å². The zero-order valence-corrected chi connectivity index (χ0v) is 15.5.